The first-order chi connectivity index (χ1) is 10.3. The van der Waals surface area contributed by atoms with Crippen LogP contribution in [0.3, 0.4) is 0 Å². The summed E-state index contributed by atoms with van der Waals surface area (Å²) in [4.78, 5) is 0. The molecule has 0 radical (unpaired) electrons. The van der Waals surface area contributed by atoms with E-state index in [1.54, 1.807) is 0 Å². The summed E-state index contributed by atoms with van der Waals surface area (Å²) in [6.45, 7) is 3.37. The largest absolute Gasteiger partial charge is 0.310 e. The molecule has 0 bridgehead atoms. The van der Waals surface area contributed by atoms with Crippen LogP contribution in [0.25, 0.3) is 0 Å². The highest BCUT2D eigenvalue weighted by atomic mass is 15.2. The van der Waals surface area contributed by atoms with Gasteiger partial charge in [-0.15, -0.1) is 0 Å². The molecule has 3 heteroatoms. The van der Waals surface area contributed by atoms with Gasteiger partial charge >= 0.3 is 0 Å². The van der Waals surface area contributed by atoms with Crippen molar-refractivity contribution in [2.45, 2.75) is 64.3 Å². The van der Waals surface area contributed by atoms with E-state index in [-0.39, 0.29) is 0 Å². The molecule has 2 aliphatic rings. The minimum atomic E-state index is 0.515. The number of nitrogens with zero attached hydrogens (tertiary/aromatic N) is 2. The van der Waals surface area contributed by atoms with Crippen molar-refractivity contribution in [2.75, 3.05) is 6.54 Å². The smallest absolute Gasteiger partial charge is 0.0537 e. The van der Waals surface area contributed by atoms with E-state index in [2.05, 4.69) is 29.7 Å². The lowest BCUT2D eigenvalue weighted by Gasteiger charge is -2.42. The third-order valence-corrected chi connectivity index (χ3v) is 5.75. The van der Waals surface area contributed by atoms with Gasteiger partial charge in [0, 0.05) is 24.8 Å². The average molecular weight is 289 g/mol. The molecule has 4 unspecified atom stereocenters. The zero-order chi connectivity index (χ0) is 14.7. The number of nitrogens with one attached hydrogen (secondary N) is 1. The van der Waals surface area contributed by atoms with Crippen LogP contribution in [0.5, 0.6) is 0 Å². The van der Waals surface area contributed by atoms with E-state index < -0.39 is 0 Å². The van der Waals surface area contributed by atoms with Gasteiger partial charge in [0.05, 0.1) is 6.20 Å². The van der Waals surface area contributed by atoms with Crippen LogP contribution < -0.4 is 5.32 Å². The third kappa shape index (κ3) is 3.50. The highest BCUT2D eigenvalue weighted by Crippen LogP contribution is 2.46. The lowest BCUT2D eigenvalue weighted by molar-refractivity contribution is 0.109. The monoisotopic (exact) mass is 289 g/mol. The molecule has 3 rings (SSSR count). The van der Waals surface area contributed by atoms with Crippen molar-refractivity contribution in [3.05, 3.63) is 18.0 Å². The number of hydrogen-bond acceptors (Lipinski definition) is 2. The predicted molar refractivity (Wildman–Crippen MR) is 87.0 cm³/mol. The Bertz CT molecular complexity index is 439. The van der Waals surface area contributed by atoms with Crippen LogP contribution in [-0.4, -0.2) is 16.3 Å². The van der Waals surface area contributed by atoms with Crippen LogP contribution >= 0.6 is 0 Å². The van der Waals surface area contributed by atoms with E-state index in [1.165, 1.54) is 56.9 Å². The Morgan fingerprint density at radius 1 is 1.24 bits per heavy atom. The third-order valence-electron chi connectivity index (χ3n) is 5.75. The summed E-state index contributed by atoms with van der Waals surface area (Å²) in [5.74, 6) is 2.84. The first kappa shape index (κ1) is 15.1. The van der Waals surface area contributed by atoms with Crippen molar-refractivity contribution in [1.29, 1.82) is 0 Å². The van der Waals surface area contributed by atoms with Gasteiger partial charge in [0.1, 0.15) is 0 Å². The quantitative estimate of drug-likeness (QED) is 0.885. The Kier molecular flexibility index (Phi) is 4.99. The van der Waals surface area contributed by atoms with Crippen LogP contribution in [0.1, 0.15) is 69.9 Å². The maximum atomic E-state index is 4.40. The standard InChI is InChI=1S/C18H31N3/c1-3-10-19-18(17-12-20-21(2)13-17)16-9-8-14-6-4-5-7-15(14)11-16/h12-16,18-19H,3-11H2,1-2H3. The van der Waals surface area contributed by atoms with Crippen LogP contribution in [0.4, 0.5) is 0 Å². The highest BCUT2D eigenvalue weighted by molar-refractivity contribution is 5.12. The SMILES string of the molecule is CCCNC(c1cnn(C)c1)C1CCC2CCCCC2C1. The Hall–Kier alpha value is -0.830. The Morgan fingerprint density at radius 2 is 2.05 bits per heavy atom. The van der Waals surface area contributed by atoms with E-state index in [4.69, 9.17) is 0 Å². The summed E-state index contributed by atoms with van der Waals surface area (Å²) in [6, 6.07) is 0.515. The first-order valence-corrected chi connectivity index (χ1v) is 9.00. The van der Waals surface area contributed by atoms with Crippen LogP contribution in [0.2, 0.25) is 0 Å². The summed E-state index contributed by atoms with van der Waals surface area (Å²) < 4.78 is 1.95. The maximum absolute atomic E-state index is 4.40. The fourth-order valence-electron chi connectivity index (χ4n) is 4.67. The first-order valence-electron chi connectivity index (χ1n) is 9.00. The van der Waals surface area contributed by atoms with Gasteiger partial charge in [0.2, 0.25) is 0 Å². The lowest BCUT2D eigenvalue weighted by Crippen LogP contribution is -2.35. The molecule has 0 saturated heterocycles. The second-order valence-corrected chi connectivity index (χ2v) is 7.26. The van der Waals surface area contributed by atoms with Gasteiger partial charge in [-0.1, -0.05) is 32.6 Å². The lowest BCUT2D eigenvalue weighted by atomic mass is 9.65. The summed E-state index contributed by atoms with van der Waals surface area (Å²) >= 11 is 0. The number of hydrogen-bond donors (Lipinski definition) is 1. The zero-order valence-electron chi connectivity index (χ0n) is 13.7. The normalized spacial score (nSPS) is 30.9. The molecule has 118 valence electrons. The molecule has 0 aliphatic heterocycles. The molecule has 21 heavy (non-hydrogen) atoms. The molecule has 2 aliphatic carbocycles. The van der Waals surface area contributed by atoms with Gasteiger partial charge in [0.25, 0.3) is 0 Å². The van der Waals surface area contributed by atoms with E-state index in [0.29, 0.717) is 6.04 Å². The van der Waals surface area contributed by atoms with Crippen LogP contribution in [-0.2, 0) is 7.05 Å². The summed E-state index contributed by atoms with van der Waals surface area (Å²) in [6.07, 6.45) is 15.7. The summed E-state index contributed by atoms with van der Waals surface area (Å²) in [5.41, 5.74) is 1.39. The van der Waals surface area contributed by atoms with Gasteiger partial charge in [-0.25, -0.2) is 0 Å². The van der Waals surface area contributed by atoms with Crippen molar-refractivity contribution in [3.63, 3.8) is 0 Å². The van der Waals surface area contributed by atoms with E-state index in [0.717, 1.165) is 24.3 Å². The topological polar surface area (TPSA) is 29.9 Å². The minimum Gasteiger partial charge on any atom is -0.310 e. The van der Waals surface area contributed by atoms with Gasteiger partial charge < -0.3 is 5.32 Å². The molecular weight excluding hydrogens is 258 g/mol. The maximum Gasteiger partial charge on any atom is 0.0537 e. The zero-order valence-corrected chi connectivity index (χ0v) is 13.7. The molecule has 1 N–H and O–H groups in total. The highest BCUT2D eigenvalue weighted by Gasteiger charge is 2.35. The molecule has 0 aromatic carbocycles. The second kappa shape index (κ2) is 6.95. The number of rotatable bonds is 5. The molecule has 1 aromatic heterocycles. The summed E-state index contributed by atoms with van der Waals surface area (Å²) in [7, 11) is 2.03. The van der Waals surface area contributed by atoms with Crippen LogP contribution in [0, 0.1) is 17.8 Å². The fourth-order valence-corrected chi connectivity index (χ4v) is 4.67. The Balaban J connectivity index is 1.70. The van der Waals surface area contributed by atoms with E-state index in [1.807, 2.05) is 11.7 Å². The van der Waals surface area contributed by atoms with Gasteiger partial charge in [-0.2, -0.15) is 5.10 Å². The van der Waals surface area contributed by atoms with E-state index in [9.17, 15) is 0 Å². The summed E-state index contributed by atoms with van der Waals surface area (Å²) in [5, 5.41) is 8.21. The molecule has 4 atom stereocenters. The minimum absolute atomic E-state index is 0.515. The second-order valence-electron chi connectivity index (χ2n) is 7.26. The molecule has 1 aromatic rings. The Labute approximate surface area is 129 Å². The molecule has 0 amide bonds. The predicted octanol–water partition coefficient (Wildman–Crippen LogP) is 4.07. The molecule has 2 fully saturated rings. The van der Waals surface area contributed by atoms with Gasteiger partial charge in [-0.05, 0) is 50.0 Å². The van der Waals surface area contributed by atoms with Crippen molar-refractivity contribution >= 4 is 0 Å². The van der Waals surface area contributed by atoms with Crippen molar-refractivity contribution in [2.24, 2.45) is 24.8 Å². The number of aromatic nitrogens is 2. The van der Waals surface area contributed by atoms with Crippen molar-refractivity contribution < 1.29 is 0 Å². The molecule has 3 nitrogen and oxygen atoms in total. The molecule has 0 spiro atoms. The number of fused-ring (bicyclic) bond motifs is 1. The van der Waals surface area contributed by atoms with E-state index >= 15 is 0 Å². The molecule has 1 heterocycles. The fraction of sp³-hybridized carbons (Fsp3) is 0.833. The van der Waals surface area contributed by atoms with Crippen LogP contribution in [0.15, 0.2) is 12.4 Å². The van der Waals surface area contributed by atoms with Crippen molar-refractivity contribution in [3.8, 4) is 0 Å². The molecule has 2 saturated carbocycles. The Morgan fingerprint density at radius 3 is 2.76 bits per heavy atom. The van der Waals surface area contributed by atoms with Crippen molar-refractivity contribution in [1.82, 2.24) is 15.1 Å². The van der Waals surface area contributed by atoms with Gasteiger partial charge in [0.15, 0.2) is 0 Å². The average Bonchev–Trinajstić information content (AvgIpc) is 2.94. The van der Waals surface area contributed by atoms with Gasteiger partial charge in [-0.3, -0.25) is 4.68 Å². The number of aryl methyl sites for hydroxylation is 1. The molecular formula is C18H31N3.